The molecular weight excluding hydrogens is 278 g/mol. The second kappa shape index (κ2) is 6.89. The zero-order chi connectivity index (χ0) is 15.5. The number of ether oxygens (including phenoxy) is 1. The van der Waals surface area contributed by atoms with E-state index in [1.165, 1.54) is 25.9 Å². The Bertz CT molecular complexity index is 501. The molecule has 22 heavy (non-hydrogen) atoms. The number of anilines is 1. The Hall–Kier alpha value is -1.24. The number of piperidine rings is 1. The van der Waals surface area contributed by atoms with Crippen LogP contribution in [-0.4, -0.2) is 72.8 Å². The molecule has 6 nitrogen and oxygen atoms in total. The number of nitrogens with one attached hydrogen (secondary N) is 1. The van der Waals surface area contributed by atoms with Gasteiger partial charge in [0.15, 0.2) is 0 Å². The SMILES string of the molecule is CNc1cc(C)nc([C@H]2COCCN2C2CCN(C)CC2)n1. The molecule has 6 heteroatoms. The minimum Gasteiger partial charge on any atom is -0.378 e. The summed E-state index contributed by atoms with van der Waals surface area (Å²) in [6.45, 7) is 6.85. The van der Waals surface area contributed by atoms with Crippen LogP contribution in [0.1, 0.15) is 30.4 Å². The summed E-state index contributed by atoms with van der Waals surface area (Å²) in [6.07, 6.45) is 2.44. The van der Waals surface area contributed by atoms with Gasteiger partial charge in [-0.25, -0.2) is 9.97 Å². The molecule has 0 bridgehead atoms. The van der Waals surface area contributed by atoms with Gasteiger partial charge in [0, 0.05) is 31.4 Å². The first-order chi connectivity index (χ1) is 10.7. The molecule has 2 fully saturated rings. The van der Waals surface area contributed by atoms with E-state index < -0.39 is 0 Å². The monoisotopic (exact) mass is 305 g/mol. The smallest absolute Gasteiger partial charge is 0.150 e. The van der Waals surface area contributed by atoms with Crippen LogP contribution in [0.4, 0.5) is 5.82 Å². The van der Waals surface area contributed by atoms with E-state index in [1.54, 1.807) is 0 Å². The summed E-state index contributed by atoms with van der Waals surface area (Å²) in [7, 11) is 4.10. The van der Waals surface area contributed by atoms with Gasteiger partial charge in [-0.15, -0.1) is 0 Å². The van der Waals surface area contributed by atoms with Crippen molar-refractivity contribution in [3.05, 3.63) is 17.6 Å². The van der Waals surface area contributed by atoms with Gasteiger partial charge in [0.25, 0.3) is 0 Å². The first kappa shape index (κ1) is 15.6. The summed E-state index contributed by atoms with van der Waals surface area (Å²) in [5.74, 6) is 1.78. The van der Waals surface area contributed by atoms with Crippen LogP contribution in [0.25, 0.3) is 0 Å². The van der Waals surface area contributed by atoms with Crippen molar-refractivity contribution in [2.75, 3.05) is 52.3 Å². The molecule has 0 aromatic carbocycles. The van der Waals surface area contributed by atoms with Crippen molar-refractivity contribution in [3.63, 3.8) is 0 Å². The fraction of sp³-hybridized carbons (Fsp3) is 0.750. The van der Waals surface area contributed by atoms with Crippen molar-refractivity contribution in [2.24, 2.45) is 0 Å². The average Bonchev–Trinajstić information content (AvgIpc) is 2.55. The van der Waals surface area contributed by atoms with Crippen LogP contribution in [-0.2, 0) is 4.74 Å². The molecule has 2 saturated heterocycles. The minimum absolute atomic E-state index is 0.175. The Morgan fingerprint density at radius 2 is 2.00 bits per heavy atom. The molecule has 1 aromatic rings. The molecule has 0 amide bonds. The van der Waals surface area contributed by atoms with Gasteiger partial charge in [-0.05, 0) is 39.9 Å². The molecule has 2 aliphatic rings. The first-order valence-corrected chi connectivity index (χ1v) is 8.22. The lowest BCUT2D eigenvalue weighted by atomic mass is 10.0. The Labute approximate surface area is 132 Å². The second-order valence-electron chi connectivity index (χ2n) is 6.37. The zero-order valence-electron chi connectivity index (χ0n) is 13.9. The average molecular weight is 305 g/mol. The third-order valence-electron chi connectivity index (χ3n) is 4.75. The normalized spacial score (nSPS) is 25.3. The van der Waals surface area contributed by atoms with Gasteiger partial charge >= 0.3 is 0 Å². The van der Waals surface area contributed by atoms with E-state index in [2.05, 4.69) is 32.1 Å². The summed E-state index contributed by atoms with van der Waals surface area (Å²) in [4.78, 5) is 14.3. The molecule has 1 aromatic heterocycles. The van der Waals surface area contributed by atoms with Gasteiger partial charge in [-0.2, -0.15) is 0 Å². The highest BCUT2D eigenvalue weighted by atomic mass is 16.5. The van der Waals surface area contributed by atoms with Crippen LogP contribution in [0.2, 0.25) is 0 Å². The highest BCUT2D eigenvalue weighted by Gasteiger charge is 2.33. The number of likely N-dealkylation sites (tertiary alicyclic amines) is 1. The number of hydrogen-bond donors (Lipinski definition) is 1. The molecule has 2 aliphatic heterocycles. The van der Waals surface area contributed by atoms with Crippen LogP contribution in [0, 0.1) is 6.92 Å². The summed E-state index contributed by atoms with van der Waals surface area (Å²) in [5, 5.41) is 3.13. The number of morpholine rings is 1. The standard InChI is InChI=1S/C16H27N5O/c1-12-10-15(17-2)19-16(18-12)14-11-22-9-8-21(14)13-4-6-20(3)7-5-13/h10,13-14H,4-9,11H2,1-3H3,(H,17,18,19)/t14-/m1/s1. The minimum atomic E-state index is 0.175. The van der Waals surface area contributed by atoms with Gasteiger partial charge in [0.1, 0.15) is 11.6 Å². The molecule has 122 valence electrons. The molecule has 0 unspecified atom stereocenters. The zero-order valence-corrected chi connectivity index (χ0v) is 13.9. The molecule has 3 heterocycles. The van der Waals surface area contributed by atoms with Crippen molar-refractivity contribution >= 4 is 5.82 Å². The van der Waals surface area contributed by atoms with Crippen molar-refractivity contribution < 1.29 is 4.74 Å². The molecule has 0 radical (unpaired) electrons. The van der Waals surface area contributed by atoms with Gasteiger partial charge in [-0.3, -0.25) is 4.90 Å². The Morgan fingerprint density at radius 1 is 1.23 bits per heavy atom. The summed E-state index contributed by atoms with van der Waals surface area (Å²) < 4.78 is 5.74. The fourth-order valence-corrected chi connectivity index (χ4v) is 3.47. The predicted molar refractivity (Wildman–Crippen MR) is 87.1 cm³/mol. The van der Waals surface area contributed by atoms with E-state index in [9.17, 15) is 0 Å². The number of aryl methyl sites for hydroxylation is 1. The lowest BCUT2D eigenvalue weighted by molar-refractivity contribution is -0.0444. The quantitative estimate of drug-likeness (QED) is 0.908. The van der Waals surface area contributed by atoms with Crippen molar-refractivity contribution in [2.45, 2.75) is 31.8 Å². The van der Waals surface area contributed by atoms with Crippen molar-refractivity contribution in [1.82, 2.24) is 19.8 Å². The molecule has 0 saturated carbocycles. The van der Waals surface area contributed by atoms with E-state index in [4.69, 9.17) is 4.74 Å². The number of hydrogen-bond acceptors (Lipinski definition) is 6. The third-order valence-corrected chi connectivity index (χ3v) is 4.75. The summed E-state index contributed by atoms with van der Waals surface area (Å²) in [5.41, 5.74) is 1.00. The maximum atomic E-state index is 5.74. The molecule has 1 N–H and O–H groups in total. The van der Waals surface area contributed by atoms with Crippen LogP contribution >= 0.6 is 0 Å². The molecule has 0 aliphatic carbocycles. The summed E-state index contributed by atoms with van der Waals surface area (Å²) in [6, 6.07) is 2.77. The third kappa shape index (κ3) is 3.39. The van der Waals surface area contributed by atoms with Crippen LogP contribution in [0.15, 0.2) is 6.07 Å². The van der Waals surface area contributed by atoms with Crippen LogP contribution in [0.3, 0.4) is 0 Å². The molecule has 3 rings (SSSR count). The van der Waals surface area contributed by atoms with Gasteiger partial charge in [-0.1, -0.05) is 0 Å². The topological polar surface area (TPSA) is 53.5 Å². The van der Waals surface area contributed by atoms with E-state index in [0.717, 1.165) is 30.5 Å². The predicted octanol–water partition coefficient (Wildman–Crippen LogP) is 1.29. The van der Waals surface area contributed by atoms with E-state index >= 15 is 0 Å². The van der Waals surface area contributed by atoms with Gasteiger partial charge in [0.2, 0.25) is 0 Å². The van der Waals surface area contributed by atoms with Gasteiger partial charge in [0.05, 0.1) is 19.3 Å². The fourth-order valence-electron chi connectivity index (χ4n) is 3.47. The second-order valence-corrected chi connectivity index (χ2v) is 6.37. The van der Waals surface area contributed by atoms with E-state index in [0.29, 0.717) is 12.6 Å². The van der Waals surface area contributed by atoms with Gasteiger partial charge < -0.3 is 15.0 Å². The Balaban J connectivity index is 1.81. The molecular formula is C16H27N5O. The Kier molecular flexibility index (Phi) is 4.90. The summed E-state index contributed by atoms with van der Waals surface area (Å²) >= 11 is 0. The lowest BCUT2D eigenvalue weighted by Crippen LogP contribution is -2.50. The van der Waals surface area contributed by atoms with Crippen molar-refractivity contribution in [3.8, 4) is 0 Å². The van der Waals surface area contributed by atoms with E-state index in [-0.39, 0.29) is 6.04 Å². The highest BCUT2D eigenvalue weighted by molar-refractivity contribution is 5.35. The maximum absolute atomic E-state index is 5.74. The van der Waals surface area contributed by atoms with Crippen LogP contribution < -0.4 is 5.32 Å². The van der Waals surface area contributed by atoms with E-state index in [1.807, 2.05) is 20.0 Å². The lowest BCUT2D eigenvalue weighted by Gasteiger charge is -2.43. The largest absolute Gasteiger partial charge is 0.378 e. The maximum Gasteiger partial charge on any atom is 0.150 e. The number of rotatable bonds is 3. The highest BCUT2D eigenvalue weighted by Crippen LogP contribution is 2.28. The molecule has 0 spiro atoms. The number of nitrogens with zero attached hydrogens (tertiary/aromatic N) is 4. The van der Waals surface area contributed by atoms with Crippen molar-refractivity contribution in [1.29, 1.82) is 0 Å². The first-order valence-electron chi connectivity index (χ1n) is 8.22. The molecule has 1 atom stereocenters. The van der Waals surface area contributed by atoms with Crippen LogP contribution in [0.5, 0.6) is 0 Å². The Morgan fingerprint density at radius 3 is 2.73 bits per heavy atom. The number of aromatic nitrogens is 2.